The highest BCUT2D eigenvalue weighted by molar-refractivity contribution is 6.43. The SMILES string of the molecule is CC(C)(C)NC(=O)C(C#N)=Cc1cccc(CCC(=O)N[C@@H](Cc2ccccc2)B(O)O)c1. The molecule has 2 aromatic rings. The summed E-state index contributed by atoms with van der Waals surface area (Å²) in [6, 6.07) is 18.5. The summed E-state index contributed by atoms with van der Waals surface area (Å²) in [5.74, 6) is -1.55. The van der Waals surface area contributed by atoms with E-state index in [1.807, 2.05) is 69.3 Å². The number of carbonyl (C=O) groups excluding carboxylic acids is 2. The van der Waals surface area contributed by atoms with Crippen LogP contribution < -0.4 is 10.6 Å². The fraction of sp³-hybridized carbons (Fsp3) is 0.320. The maximum absolute atomic E-state index is 12.4. The van der Waals surface area contributed by atoms with Gasteiger partial charge in [-0.15, -0.1) is 0 Å². The lowest BCUT2D eigenvalue weighted by molar-refractivity contribution is -0.121. The van der Waals surface area contributed by atoms with Crippen LogP contribution in [0.5, 0.6) is 0 Å². The summed E-state index contributed by atoms with van der Waals surface area (Å²) in [6.45, 7) is 5.52. The Labute approximate surface area is 195 Å². The molecule has 0 aliphatic heterocycles. The lowest BCUT2D eigenvalue weighted by atomic mass is 9.76. The number of nitriles is 1. The lowest BCUT2D eigenvalue weighted by Gasteiger charge is -2.20. The van der Waals surface area contributed by atoms with E-state index in [1.54, 1.807) is 12.1 Å². The van der Waals surface area contributed by atoms with E-state index in [9.17, 15) is 24.9 Å². The lowest BCUT2D eigenvalue weighted by Crippen LogP contribution is -2.47. The zero-order valence-electron chi connectivity index (χ0n) is 19.2. The molecule has 2 rings (SSSR count). The number of hydrogen-bond acceptors (Lipinski definition) is 5. The molecule has 0 spiro atoms. The summed E-state index contributed by atoms with van der Waals surface area (Å²) >= 11 is 0. The number of hydrogen-bond donors (Lipinski definition) is 4. The molecule has 8 heteroatoms. The molecule has 0 bridgehead atoms. The predicted molar refractivity (Wildman–Crippen MR) is 129 cm³/mol. The van der Waals surface area contributed by atoms with E-state index in [4.69, 9.17) is 0 Å². The zero-order chi connectivity index (χ0) is 24.4. The second kappa shape index (κ2) is 12.0. The highest BCUT2D eigenvalue weighted by Crippen LogP contribution is 2.13. The Bertz CT molecular complexity index is 1020. The van der Waals surface area contributed by atoms with Gasteiger partial charge in [0.05, 0.1) is 5.94 Å². The molecule has 33 heavy (non-hydrogen) atoms. The molecule has 7 nitrogen and oxygen atoms in total. The summed E-state index contributed by atoms with van der Waals surface area (Å²) in [5.41, 5.74) is 1.97. The van der Waals surface area contributed by atoms with Gasteiger partial charge in [0.1, 0.15) is 11.6 Å². The van der Waals surface area contributed by atoms with E-state index in [0.29, 0.717) is 18.4 Å². The van der Waals surface area contributed by atoms with Crippen LogP contribution in [0.3, 0.4) is 0 Å². The highest BCUT2D eigenvalue weighted by atomic mass is 16.4. The number of benzene rings is 2. The summed E-state index contributed by atoms with van der Waals surface area (Å²) in [5, 5.41) is 34.1. The van der Waals surface area contributed by atoms with Crippen molar-refractivity contribution in [3.63, 3.8) is 0 Å². The molecule has 4 N–H and O–H groups in total. The molecule has 0 heterocycles. The number of nitrogens with one attached hydrogen (secondary N) is 2. The van der Waals surface area contributed by atoms with E-state index in [-0.39, 0.29) is 17.9 Å². The van der Waals surface area contributed by atoms with Crippen LogP contribution >= 0.6 is 0 Å². The van der Waals surface area contributed by atoms with E-state index >= 15 is 0 Å². The minimum atomic E-state index is -1.67. The maximum Gasteiger partial charge on any atom is 0.475 e. The normalized spacial score (nSPS) is 12.4. The maximum atomic E-state index is 12.4. The average molecular weight is 447 g/mol. The second-order valence-corrected chi connectivity index (χ2v) is 8.90. The zero-order valence-corrected chi connectivity index (χ0v) is 19.2. The fourth-order valence-corrected chi connectivity index (χ4v) is 3.20. The largest absolute Gasteiger partial charge is 0.475 e. The van der Waals surface area contributed by atoms with Gasteiger partial charge in [-0.3, -0.25) is 9.59 Å². The standard InChI is InChI=1S/C25H30BN3O4/c1-25(2,3)29-24(31)21(17-27)15-20-11-7-10-19(14-20)12-13-23(30)28-22(26(32)33)16-18-8-5-4-6-9-18/h4-11,14-15,22,32-33H,12-13,16H2,1-3H3,(H,28,30)(H,29,31)/t22-/m0/s1. The van der Waals surface area contributed by atoms with E-state index in [1.165, 1.54) is 6.08 Å². The van der Waals surface area contributed by atoms with Gasteiger partial charge in [0.25, 0.3) is 5.91 Å². The molecule has 0 saturated heterocycles. The van der Waals surface area contributed by atoms with Gasteiger partial charge in [-0.05, 0) is 56.4 Å². The number of nitrogens with zero attached hydrogens (tertiary/aromatic N) is 1. The molecular weight excluding hydrogens is 417 g/mol. The summed E-state index contributed by atoms with van der Waals surface area (Å²) < 4.78 is 0. The third kappa shape index (κ3) is 9.32. The van der Waals surface area contributed by atoms with Crippen molar-refractivity contribution in [3.8, 4) is 6.07 Å². The molecule has 0 aromatic heterocycles. The summed E-state index contributed by atoms with van der Waals surface area (Å²) in [4.78, 5) is 24.7. The van der Waals surface area contributed by atoms with Crippen LogP contribution in [0.4, 0.5) is 0 Å². The van der Waals surface area contributed by atoms with Gasteiger partial charge in [-0.1, -0.05) is 54.6 Å². The number of carbonyl (C=O) groups is 2. The van der Waals surface area contributed by atoms with Crippen molar-refractivity contribution in [2.45, 2.75) is 51.5 Å². The van der Waals surface area contributed by atoms with E-state index < -0.39 is 24.5 Å². The summed E-state index contributed by atoms with van der Waals surface area (Å²) in [7, 11) is -1.67. The minimum absolute atomic E-state index is 0.000468. The predicted octanol–water partition coefficient (Wildman–Crippen LogP) is 2.18. The van der Waals surface area contributed by atoms with Gasteiger partial charge in [0, 0.05) is 12.0 Å². The highest BCUT2D eigenvalue weighted by Gasteiger charge is 2.25. The first-order chi connectivity index (χ1) is 15.6. The fourth-order valence-electron chi connectivity index (χ4n) is 3.20. The molecular formula is C25H30BN3O4. The number of aryl methyl sites for hydroxylation is 1. The van der Waals surface area contributed by atoms with Crippen LogP contribution in [0.1, 0.15) is 43.9 Å². The first-order valence-electron chi connectivity index (χ1n) is 10.8. The molecule has 172 valence electrons. The second-order valence-electron chi connectivity index (χ2n) is 8.90. The van der Waals surface area contributed by atoms with Crippen molar-refractivity contribution >= 4 is 25.0 Å². The van der Waals surface area contributed by atoms with Crippen molar-refractivity contribution in [1.82, 2.24) is 10.6 Å². The van der Waals surface area contributed by atoms with E-state index in [0.717, 1.165) is 11.1 Å². The van der Waals surface area contributed by atoms with Crippen molar-refractivity contribution in [1.29, 1.82) is 5.26 Å². The first kappa shape index (κ1) is 25.9. The van der Waals surface area contributed by atoms with Gasteiger partial charge in [-0.2, -0.15) is 5.26 Å². The summed E-state index contributed by atoms with van der Waals surface area (Å²) in [6.07, 6.45) is 2.39. The van der Waals surface area contributed by atoms with Gasteiger partial charge in [0.2, 0.25) is 5.91 Å². The van der Waals surface area contributed by atoms with Gasteiger partial charge >= 0.3 is 7.12 Å². The van der Waals surface area contributed by atoms with Gasteiger partial charge < -0.3 is 20.7 Å². The Morgan fingerprint density at radius 3 is 2.36 bits per heavy atom. The molecule has 0 aliphatic carbocycles. The molecule has 2 aromatic carbocycles. The molecule has 0 fully saturated rings. The van der Waals surface area contributed by atoms with Crippen molar-refractivity contribution < 1.29 is 19.6 Å². The molecule has 2 amide bonds. The van der Waals surface area contributed by atoms with Crippen LogP contribution in [0.25, 0.3) is 6.08 Å². The van der Waals surface area contributed by atoms with Crippen LogP contribution in [-0.2, 0) is 22.4 Å². The van der Waals surface area contributed by atoms with Crippen LogP contribution in [0.15, 0.2) is 60.2 Å². The molecule has 1 atom stereocenters. The Hall–Kier alpha value is -3.41. The number of rotatable bonds is 9. The smallest absolute Gasteiger partial charge is 0.426 e. The van der Waals surface area contributed by atoms with Gasteiger partial charge in [0.15, 0.2) is 0 Å². The Morgan fingerprint density at radius 2 is 1.76 bits per heavy atom. The van der Waals surface area contributed by atoms with Crippen molar-refractivity contribution in [2.75, 3.05) is 0 Å². The minimum Gasteiger partial charge on any atom is -0.426 e. The van der Waals surface area contributed by atoms with Crippen molar-refractivity contribution in [2.24, 2.45) is 0 Å². The average Bonchev–Trinajstić information content (AvgIpc) is 2.75. The molecule has 0 saturated carbocycles. The molecule has 0 unspecified atom stereocenters. The third-order valence-corrected chi connectivity index (χ3v) is 4.76. The number of amides is 2. The topological polar surface area (TPSA) is 122 Å². The van der Waals surface area contributed by atoms with Crippen LogP contribution in [0.2, 0.25) is 0 Å². The van der Waals surface area contributed by atoms with Crippen LogP contribution in [0, 0.1) is 11.3 Å². The van der Waals surface area contributed by atoms with E-state index in [2.05, 4.69) is 10.6 Å². The molecule has 0 aliphatic rings. The van der Waals surface area contributed by atoms with Crippen molar-refractivity contribution in [3.05, 3.63) is 76.9 Å². The Morgan fingerprint density at radius 1 is 1.09 bits per heavy atom. The quantitative estimate of drug-likeness (QED) is 0.267. The molecule has 0 radical (unpaired) electrons. The Balaban J connectivity index is 1.99. The first-order valence-corrected chi connectivity index (χ1v) is 10.8. The Kier molecular flexibility index (Phi) is 9.40. The third-order valence-electron chi connectivity index (χ3n) is 4.76. The monoisotopic (exact) mass is 447 g/mol. The van der Waals surface area contributed by atoms with Crippen LogP contribution in [-0.4, -0.2) is 40.5 Å². The van der Waals surface area contributed by atoms with Gasteiger partial charge in [-0.25, -0.2) is 0 Å².